The molecule has 0 bridgehead atoms. The van der Waals surface area contributed by atoms with Gasteiger partial charge in [-0.2, -0.15) is 0 Å². The molecule has 0 radical (unpaired) electrons. The lowest BCUT2D eigenvalue weighted by atomic mass is 9.80. The third-order valence-corrected chi connectivity index (χ3v) is 5.69. The Morgan fingerprint density at radius 3 is 2.20 bits per heavy atom. The smallest absolute Gasteiger partial charge is 0.328 e. The average Bonchev–Trinajstić information content (AvgIpc) is 2.96. The van der Waals surface area contributed by atoms with Crippen molar-refractivity contribution >= 4 is 23.5 Å². The van der Waals surface area contributed by atoms with E-state index in [4.69, 9.17) is 21.8 Å². The van der Waals surface area contributed by atoms with E-state index in [0.29, 0.717) is 12.2 Å². The summed E-state index contributed by atoms with van der Waals surface area (Å²) in [6.45, 7) is 2.18. The molecule has 5 nitrogen and oxygen atoms in total. The quantitative estimate of drug-likeness (QED) is 0.636. The standard InChI is InChI=1S/C20H22ClN.C4H4O4/c21-17-6-3-5-16(13-17)20-18-7-2-1-4-14(18)12-15-8-10-22-11-9-19(15)20;5-3(6)1-2-4(7)8/h3,5-6,12-13,22H,1-2,4,7-11H2;1-2H,(H,5,6)(H,7,8)/b;2-1+. The molecule has 3 N–H and O–H groups in total. The molecule has 158 valence electrons. The Hall–Kier alpha value is -2.63. The highest BCUT2D eigenvalue weighted by Gasteiger charge is 2.22. The number of hydrogen-bond donors (Lipinski definition) is 3. The highest BCUT2D eigenvalue weighted by atomic mass is 35.5. The van der Waals surface area contributed by atoms with Crippen molar-refractivity contribution in [2.75, 3.05) is 13.1 Å². The second-order valence-electron chi connectivity index (χ2n) is 7.50. The van der Waals surface area contributed by atoms with Gasteiger partial charge >= 0.3 is 11.9 Å². The number of nitrogens with one attached hydrogen (secondary N) is 1. The maximum atomic E-state index is 9.55. The molecule has 2 aromatic rings. The summed E-state index contributed by atoms with van der Waals surface area (Å²) in [6.07, 6.45) is 8.50. The molecule has 0 spiro atoms. The Morgan fingerprint density at radius 1 is 0.867 bits per heavy atom. The Morgan fingerprint density at radius 2 is 1.50 bits per heavy atom. The van der Waals surface area contributed by atoms with Gasteiger partial charge in [-0.25, -0.2) is 9.59 Å². The predicted molar refractivity (Wildman–Crippen MR) is 118 cm³/mol. The van der Waals surface area contributed by atoms with Crippen LogP contribution in [0.15, 0.2) is 42.5 Å². The van der Waals surface area contributed by atoms with Crippen molar-refractivity contribution in [2.45, 2.75) is 38.5 Å². The molecular weight excluding hydrogens is 402 g/mol. The fraction of sp³-hybridized carbons (Fsp3) is 0.333. The summed E-state index contributed by atoms with van der Waals surface area (Å²) >= 11 is 6.28. The van der Waals surface area contributed by atoms with Crippen LogP contribution in [0, 0.1) is 0 Å². The van der Waals surface area contributed by atoms with Gasteiger partial charge in [0.1, 0.15) is 0 Å². The molecule has 0 unspecified atom stereocenters. The molecule has 0 saturated heterocycles. The third kappa shape index (κ3) is 5.71. The van der Waals surface area contributed by atoms with Gasteiger partial charge in [0.05, 0.1) is 0 Å². The monoisotopic (exact) mass is 427 g/mol. The van der Waals surface area contributed by atoms with Crippen molar-refractivity contribution in [1.29, 1.82) is 0 Å². The summed E-state index contributed by atoms with van der Waals surface area (Å²) in [5.41, 5.74) is 9.10. The van der Waals surface area contributed by atoms with Gasteiger partial charge in [0.15, 0.2) is 0 Å². The van der Waals surface area contributed by atoms with Crippen LogP contribution in [0.5, 0.6) is 0 Å². The van der Waals surface area contributed by atoms with Gasteiger partial charge in [0.25, 0.3) is 0 Å². The van der Waals surface area contributed by atoms with E-state index in [0.717, 1.165) is 31.0 Å². The van der Waals surface area contributed by atoms with E-state index in [1.807, 2.05) is 6.07 Å². The molecular formula is C24H26ClNO4. The van der Waals surface area contributed by atoms with Crippen molar-refractivity contribution in [3.8, 4) is 11.1 Å². The lowest BCUT2D eigenvalue weighted by molar-refractivity contribution is -0.134. The van der Waals surface area contributed by atoms with Gasteiger partial charge in [-0.05, 0) is 97.1 Å². The maximum absolute atomic E-state index is 9.55. The molecule has 1 heterocycles. The largest absolute Gasteiger partial charge is 0.478 e. The van der Waals surface area contributed by atoms with Gasteiger partial charge < -0.3 is 15.5 Å². The fourth-order valence-electron chi connectivity index (χ4n) is 4.22. The Balaban J connectivity index is 0.000000275. The van der Waals surface area contributed by atoms with E-state index >= 15 is 0 Å². The minimum atomic E-state index is -1.26. The maximum Gasteiger partial charge on any atom is 0.328 e. The number of aryl methyl sites for hydroxylation is 1. The normalized spacial score (nSPS) is 15.4. The minimum absolute atomic E-state index is 0.558. The molecule has 0 aromatic heterocycles. The molecule has 0 amide bonds. The van der Waals surface area contributed by atoms with Gasteiger partial charge in [-0.15, -0.1) is 0 Å². The SMILES string of the molecule is Clc1cccc(-c2c3c(cc4c2CCNCC4)CCCC3)c1.O=C(O)/C=C/C(=O)O. The number of fused-ring (bicyclic) bond motifs is 2. The van der Waals surface area contributed by atoms with Gasteiger partial charge in [-0.3, -0.25) is 0 Å². The van der Waals surface area contributed by atoms with Crippen LogP contribution < -0.4 is 5.32 Å². The van der Waals surface area contributed by atoms with Gasteiger partial charge in [0, 0.05) is 17.2 Å². The van der Waals surface area contributed by atoms with Crippen LogP contribution >= 0.6 is 11.6 Å². The van der Waals surface area contributed by atoms with Crippen LogP contribution in [0.1, 0.15) is 35.1 Å². The zero-order valence-electron chi connectivity index (χ0n) is 16.8. The van der Waals surface area contributed by atoms with Crippen LogP contribution in [0.3, 0.4) is 0 Å². The number of aliphatic carboxylic acids is 2. The zero-order valence-corrected chi connectivity index (χ0v) is 17.5. The summed E-state index contributed by atoms with van der Waals surface area (Å²) in [5, 5.41) is 20.0. The number of carbonyl (C=O) groups is 2. The summed E-state index contributed by atoms with van der Waals surface area (Å²) in [4.78, 5) is 19.1. The van der Waals surface area contributed by atoms with Crippen molar-refractivity contribution in [3.63, 3.8) is 0 Å². The number of carboxylic acid groups (broad SMARTS) is 2. The molecule has 6 heteroatoms. The van der Waals surface area contributed by atoms with E-state index in [2.05, 4.69) is 29.6 Å². The third-order valence-electron chi connectivity index (χ3n) is 5.45. The summed E-state index contributed by atoms with van der Waals surface area (Å²) < 4.78 is 0. The van der Waals surface area contributed by atoms with E-state index < -0.39 is 11.9 Å². The van der Waals surface area contributed by atoms with Crippen LogP contribution in [-0.4, -0.2) is 35.2 Å². The second kappa shape index (κ2) is 10.4. The molecule has 4 rings (SSSR count). The van der Waals surface area contributed by atoms with E-state index in [1.54, 1.807) is 22.3 Å². The molecule has 2 aliphatic rings. The van der Waals surface area contributed by atoms with Gasteiger partial charge in [0.2, 0.25) is 0 Å². The summed E-state index contributed by atoms with van der Waals surface area (Å²) in [6, 6.07) is 10.9. The number of hydrogen-bond acceptors (Lipinski definition) is 3. The highest BCUT2D eigenvalue weighted by Crippen LogP contribution is 2.38. The lowest BCUT2D eigenvalue weighted by Gasteiger charge is -2.25. The van der Waals surface area contributed by atoms with Crippen LogP contribution in [0.25, 0.3) is 11.1 Å². The first-order valence-electron chi connectivity index (χ1n) is 10.2. The van der Waals surface area contributed by atoms with Crippen molar-refractivity contribution in [1.82, 2.24) is 5.32 Å². The molecule has 0 atom stereocenters. The van der Waals surface area contributed by atoms with E-state index in [9.17, 15) is 9.59 Å². The number of halogens is 1. The molecule has 1 aliphatic heterocycles. The van der Waals surface area contributed by atoms with E-state index in [-0.39, 0.29) is 0 Å². The zero-order chi connectivity index (χ0) is 21.5. The second-order valence-corrected chi connectivity index (χ2v) is 7.94. The van der Waals surface area contributed by atoms with Crippen molar-refractivity contribution in [2.24, 2.45) is 0 Å². The van der Waals surface area contributed by atoms with Crippen molar-refractivity contribution < 1.29 is 19.8 Å². The Labute approximate surface area is 181 Å². The fourth-order valence-corrected chi connectivity index (χ4v) is 4.41. The first kappa shape index (κ1) is 22.1. The summed E-state index contributed by atoms with van der Waals surface area (Å²) in [7, 11) is 0. The average molecular weight is 428 g/mol. The van der Waals surface area contributed by atoms with E-state index in [1.165, 1.54) is 36.8 Å². The topological polar surface area (TPSA) is 86.6 Å². The Bertz CT molecular complexity index is 952. The number of benzene rings is 2. The number of carboxylic acids is 2. The van der Waals surface area contributed by atoms with Crippen LogP contribution in [0.4, 0.5) is 0 Å². The molecule has 30 heavy (non-hydrogen) atoms. The molecule has 0 saturated carbocycles. The minimum Gasteiger partial charge on any atom is -0.478 e. The molecule has 2 aromatic carbocycles. The van der Waals surface area contributed by atoms with Crippen LogP contribution in [0.2, 0.25) is 5.02 Å². The highest BCUT2D eigenvalue weighted by molar-refractivity contribution is 6.30. The number of rotatable bonds is 3. The summed E-state index contributed by atoms with van der Waals surface area (Å²) in [5.74, 6) is -2.51. The predicted octanol–water partition coefficient (Wildman–Crippen LogP) is 4.29. The van der Waals surface area contributed by atoms with Crippen molar-refractivity contribution in [3.05, 3.63) is 69.8 Å². The first-order valence-corrected chi connectivity index (χ1v) is 10.6. The Kier molecular flexibility index (Phi) is 7.66. The molecule has 0 fully saturated rings. The first-order chi connectivity index (χ1) is 14.5. The van der Waals surface area contributed by atoms with Gasteiger partial charge in [-0.1, -0.05) is 29.8 Å². The lowest BCUT2D eigenvalue weighted by Crippen LogP contribution is -2.16. The van der Waals surface area contributed by atoms with Crippen LogP contribution in [-0.2, 0) is 35.3 Å². The molecule has 1 aliphatic carbocycles.